The van der Waals surface area contributed by atoms with E-state index in [1.807, 2.05) is 0 Å². The van der Waals surface area contributed by atoms with Gasteiger partial charge in [0.05, 0.1) is 6.54 Å². The molecule has 5 rings (SSSR count). The highest BCUT2D eigenvalue weighted by molar-refractivity contribution is 5.77. The van der Waals surface area contributed by atoms with Gasteiger partial charge in [-0.2, -0.15) is 0 Å². The second-order valence-electron chi connectivity index (χ2n) is 10.1. The van der Waals surface area contributed by atoms with Gasteiger partial charge >= 0.3 is 0 Å². The number of anilines is 1. The number of piperazine rings is 1. The Bertz CT molecular complexity index is 722. The maximum Gasteiger partial charge on any atom is 0.225 e. The van der Waals surface area contributed by atoms with Crippen LogP contribution in [-0.4, -0.2) is 75.4 Å². The van der Waals surface area contributed by atoms with Crippen molar-refractivity contribution in [2.75, 3.05) is 24.5 Å². The smallest absolute Gasteiger partial charge is 0.225 e. The summed E-state index contributed by atoms with van der Waals surface area (Å²) in [7, 11) is 0. The second kappa shape index (κ2) is 7.62. The predicted molar refractivity (Wildman–Crippen MR) is 114 cm³/mol. The Balaban J connectivity index is 1.27. The molecule has 0 spiro atoms. The Morgan fingerprint density at radius 3 is 2.07 bits per heavy atom. The predicted octanol–water partition coefficient (Wildman–Crippen LogP) is 2.84. The highest BCUT2D eigenvalue weighted by Gasteiger charge is 2.43. The number of piperidine rings is 1. The van der Waals surface area contributed by atoms with Crippen molar-refractivity contribution in [2.45, 2.75) is 95.4 Å². The van der Waals surface area contributed by atoms with Gasteiger partial charge in [-0.05, 0) is 70.8 Å². The van der Waals surface area contributed by atoms with E-state index in [1.54, 1.807) is 6.92 Å². The van der Waals surface area contributed by atoms with Crippen molar-refractivity contribution in [2.24, 2.45) is 0 Å². The minimum atomic E-state index is 0.292. The second-order valence-corrected chi connectivity index (χ2v) is 10.1. The Morgan fingerprint density at radius 1 is 1.00 bits per heavy atom. The summed E-state index contributed by atoms with van der Waals surface area (Å²) in [5, 5.41) is 0. The fraction of sp³-hybridized carbons (Fsp3) is 0.783. The molecule has 0 radical (unpaired) electrons. The van der Waals surface area contributed by atoms with Gasteiger partial charge in [0.1, 0.15) is 5.78 Å². The average Bonchev–Trinajstić information content (AvgIpc) is 3.07. The molecule has 0 aromatic carbocycles. The normalized spacial score (nSPS) is 34.9. The van der Waals surface area contributed by atoms with E-state index in [0.717, 1.165) is 31.9 Å². The van der Waals surface area contributed by atoms with Crippen LogP contribution in [0.4, 0.5) is 5.95 Å². The first-order valence-corrected chi connectivity index (χ1v) is 11.6. The molecule has 4 fully saturated rings. The van der Waals surface area contributed by atoms with Crippen molar-refractivity contribution < 1.29 is 4.79 Å². The minimum Gasteiger partial charge on any atom is -0.332 e. The molecule has 0 aliphatic carbocycles. The third kappa shape index (κ3) is 3.59. The van der Waals surface area contributed by atoms with Crippen LogP contribution in [0.1, 0.15) is 70.8 Å². The molecule has 0 N–H and O–H groups in total. The minimum absolute atomic E-state index is 0.292. The van der Waals surface area contributed by atoms with E-state index in [0.29, 0.717) is 48.5 Å². The third-order valence-corrected chi connectivity index (χ3v) is 7.89. The molecule has 29 heavy (non-hydrogen) atoms. The van der Waals surface area contributed by atoms with Gasteiger partial charge in [-0.25, -0.2) is 9.97 Å². The van der Waals surface area contributed by atoms with Gasteiger partial charge in [-0.1, -0.05) is 0 Å². The monoisotopic (exact) mass is 397 g/mol. The molecular formula is C23H35N5O. The van der Waals surface area contributed by atoms with Gasteiger partial charge in [0, 0.05) is 55.7 Å². The van der Waals surface area contributed by atoms with Crippen molar-refractivity contribution in [3.63, 3.8) is 0 Å². The van der Waals surface area contributed by atoms with Gasteiger partial charge in [-0.15, -0.1) is 0 Å². The van der Waals surface area contributed by atoms with Gasteiger partial charge < -0.3 is 4.90 Å². The number of ketones is 1. The zero-order valence-corrected chi connectivity index (χ0v) is 18.1. The number of nitrogens with zero attached hydrogens (tertiary/aromatic N) is 5. The zero-order valence-electron chi connectivity index (χ0n) is 18.1. The highest BCUT2D eigenvalue weighted by atomic mass is 16.1. The molecule has 4 aliphatic rings. The molecule has 4 bridgehead atoms. The molecule has 4 saturated heterocycles. The zero-order chi connectivity index (χ0) is 20.1. The summed E-state index contributed by atoms with van der Waals surface area (Å²) in [5.41, 5.74) is 1.29. The van der Waals surface area contributed by atoms with E-state index < -0.39 is 0 Å². The number of carbonyl (C=O) groups excluding carboxylic acids is 1. The molecule has 1 aromatic heterocycles. The summed E-state index contributed by atoms with van der Waals surface area (Å²) in [5.74, 6) is 1.76. The number of fused-ring (bicyclic) bond motifs is 4. The van der Waals surface area contributed by atoms with Crippen LogP contribution in [0, 0.1) is 0 Å². The van der Waals surface area contributed by atoms with Crippen molar-refractivity contribution in [3.05, 3.63) is 18.0 Å². The number of carbonyl (C=O) groups is 1. The van der Waals surface area contributed by atoms with E-state index in [4.69, 9.17) is 9.97 Å². The fourth-order valence-corrected chi connectivity index (χ4v) is 6.42. The molecule has 0 saturated carbocycles. The fourth-order valence-electron chi connectivity index (χ4n) is 6.42. The van der Waals surface area contributed by atoms with Crippen LogP contribution in [0.15, 0.2) is 12.4 Å². The van der Waals surface area contributed by atoms with E-state index in [1.165, 1.54) is 31.2 Å². The first-order chi connectivity index (χ1) is 14.0. The van der Waals surface area contributed by atoms with Crippen LogP contribution >= 0.6 is 0 Å². The van der Waals surface area contributed by atoms with Crippen molar-refractivity contribution >= 4 is 11.7 Å². The van der Waals surface area contributed by atoms with Crippen LogP contribution in [0.25, 0.3) is 0 Å². The maximum atomic E-state index is 11.6. The van der Waals surface area contributed by atoms with Crippen molar-refractivity contribution in [1.82, 2.24) is 19.8 Å². The number of likely N-dealkylation sites (tertiary alicyclic amines) is 1. The summed E-state index contributed by atoms with van der Waals surface area (Å²) in [6, 6.07) is 2.86. The molecule has 5 heterocycles. The standard InChI is InChI=1S/C23H35N5O/c1-15(2)26-13-21-6-7-22(14-26)28(21)23-24-10-18(11-25-23)17-8-19-4-5-20(9-17)27(19)12-16(3)29/h10-11,15,17,19-22H,4-9,12-14H2,1-3H3. The summed E-state index contributed by atoms with van der Waals surface area (Å²) < 4.78 is 0. The molecule has 4 unspecified atom stereocenters. The molecular weight excluding hydrogens is 362 g/mol. The van der Waals surface area contributed by atoms with Crippen molar-refractivity contribution in [3.8, 4) is 0 Å². The SMILES string of the molecule is CC(=O)CN1C2CCC1CC(c1cnc(N3C4CCC3CN(C(C)C)C4)nc1)C2. The van der Waals surface area contributed by atoms with Crippen LogP contribution in [0.5, 0.6) is 0 Å². The quantitative estimate of drug-likeness (QED) is 0.762. The summed E-state index contributed by atoms with van der Waals surface area (Å²) in [6.07, 6.45) is 11.5. The number of Topliss-reactive ketones (excluding diaryl/α,β-unsaturated/α-hetero) is 1. The summed E-state index contributed by atoms with van der Waals surface area (Å²) in [6.45, 7) is 9.22. The third-order valence-electron chi connectivity index (χ3n) is 7.89. The summed E-state index contributed by atoms with van der Waals surface area (Å²) >= 11 is 0. The number of aromatic nitrogens is 2. The van der Waals surface area contributed by atoms with E-state index >= 15 is 0 Å². The number of rotatable bonds is 5. The van der Waals surface area contributed by atoms with Gasteiger partial charge in [0.15, 0.2) is 0 Å². The molecule has 4 atom stereocenters. The van der Waals surface area contributed by atoms with Crippen LogP contribution in [0.3, 0.4) is 0 Å². The lowest BCUT2D eigenvalue weighted by Gasteiger charge is -2.43. The topological polar surface area (TPSA) is 52.6 Å². The van der Waals surface area contributed by atoms with Crippen LogP contribution in [-0.2, 0) is 4.79 Å². The van der Waals surface area contributed by atoms with Gasteiger partial charge in [0.25, 0.3) is 0 Å². The van der Waals surface area contributed by atoms with Gasteiger partial charge in [-0.3, -0.25) is 14.6 Å². The molecule has 0 amide bonds. The first-order valence-electron chi connectivity index (χ1n) is 11.6. The maximum absolute atomic E-state index is 11.6. The Kier molecular flexibility index (Phi) is 5.11. The molecule has 1 aromatic rings. The molecule has 6 nitrogen and oxygen atoms in total. The first kappa shape index (κ1) is 19.4. The number of hydrogen-bond donors (Lipinski definition) is 0. The van der Waals surface area contributed by atoms with E-state index in [-0.39, 0.29) is 0 Å². The number of hydrogen-bond acceptors (Lipinski definition) is 6. The van der Waals surface area contributed by atoms with Crippen LogP contribution in [0.2, 0.25) is 0 Å². The molecule has 4 aliphatic heterocycles. The van der Waals surface area contributed by atoms with E-state index in [2.05, 4.69) is 40.9 Å². The lowest BCUT2D eigenvalue weighted by atomic mass is 9.86. The lowest BCUT2D eigenvalue weighted by molar-refractivity contribution is -0.119. The lowest BCUT2D eigenvalue weighted by Crippen LogP contribution is -2.56. The average molecular weight is 398 g/mol. The van der Waals surface area contributed by atoms with E-state index in [9.17, 15) is 4.79 Å². The Hall–Kier alpha value is -1.53. The Morgan fingerprint density at radius 2 is 1.55 bits per heavy atom. The largest absolute Gasteiger partial charge is 0.332 e. The Labute approximate surface area is 174 Å². The molecule has 158 valence electrons. The van der Waals surface area contributed by atoms with Gasteiger partial charge in [0.2, 0.25) is 5.95 Å². The van der Waals surface area contributed by atoms with Crippen LogP contribution < -0.4 is 4.90 Å². The van der Waals surface area contributed by atoms with Crippen molar-refractivity contribution in [1.29, 1.82) is 0 Å². The molecule has 6 heteroatoms. The highest BCUT2D eigenvalue weighted by Crippen LogP contribution is 2.43. The summed E-state index contributed by atoms with van der Waals surface area (Å²) in [4.78, 5) is 28.9.